The van der Waals surface area contributed by atoms with Crippen molar-refractivity contribution in [1.82, 2.24) is 25.1 Å². The number of allylic oxidation sites excluding steroid dienone is 1. The van der Waals surface area contributed by atoms with Crippen LogP contribution in [0.15, 0.2) is 91.5 Å². The van der Waals surface area contributed by atoms with Crippen molar-refractivity contribution >= 4 is 27.5 Å². The van der Waals surface area contributed by atoms with Gasteiger partial charge in [0.1, 0.15) is 11.5 Å². The molecule has 6 rings (SSSR count). The second-order valence-corrected chi connectivity index (χ2v) is 8.69. The summed E-state index contributed by atoms with van der Waals surface area (Å²) in [5.41, 5.74) is 8.80. The van der Waals surface area contributed by atoms with Crippen LogP contribution in [0.5, 0.6) is 0 Å². The molecule has 0 unspecified atom stereocenters. The van der Waals surface area contributed by atoms with E-state index in [2.05, 4.69) is 62.2 Å². The normalized spacial score (nSPS) is 11.3. The highest BCUT2D eigenvalue weighted by Crippen LogP contribution is 2.34. The minimum absolute atomic E-state index is 0.291. The molecule has 2 aromatic carbocycles. The molecule has 6 aromatic rings. The summed E-state index contributed by atoms with van der Waals surface area (Å²) in [6.45, 7) is 6.08. The molecule has 0 saturated carbocycles. The van der Waals surface area contributed by atoms with Gasteiger partial charge in [0.05, 0.1) is 28.8 Å². The van der Waals surface area contributed by atoms with E-state index in [1.807, 2.05) is 30.5 Å². The summed E-state index contributed by atoms with van der Waals surface area (Å²) in [5.74, 6) is -0.291. The van der Waals surface area contributed by atoms with E-state index >= 15 is 0 Å². The highest BCUT2D eigenvalue weighted by Gasteiger charge is 2.15. The molecule has 0 amide bonds. The number of aromatic nitrogens is 5. The molecule has 4 aromatic heterocycles. The van der Waals surface area contributed by atoms with Crippen molar-refractivity contribution in [3.8, 4) is 33.8 Å². The maximum atomic E-state index is 13.9. The van der Waals surface area contributed by atoms with Crippen LogP contribution >= 0.6 is 0 Å². The quantitative estimate of drug-likeness (QED) is 0.236. The van der Waals surface area contributed by atoms with Crippen molar-refractivity contribution in [3.05, 3.63) is 97.3 Å². The minimum Gasteiger partial charge on any atom is -0.358 e. The first-order valence-corrected chi connectivity index (χ1v) is 11.7. The monoisotopic (exact) mass is 474 g/mol. The Morgan fingerprint density at radius 3 is 2.67 bits per heavy atom. The Bertz CT molecular complexity index is 1750. The molecule has 0 aliphatic rings. The van der Waals surface area contributed by atoms with E-state index in [1.54, 1.807) is 18.5 Å². The van der Waals surface area contributed by atoms with Gasteiger partial charge in [0.25, 0.3) is 0 Å². The van der Waals surface area contributed by atoms with E-state index < -0.39 is 0 Å². The van der Waals surface area contributed by atoms with Gasteiger partial charge < -0.3 is 10.3 Å². The Labute approximate surface area is 206 Å². The lowest BCUT2D eigenvalue weighted by Gasteiger charge is -2.09. The number of hydrogen-bond donors (Lipinski definition) is 3. The smallest absolute Gasteiger partial charge is 0.123 e. The fourth-order valence-electron chi connectivity index (χ4n) is 4.40. The zero-order valence-corrected chi connectivity index (χ0v) is 19.6. The van der Waals surface area contributed by atoms with E-state index in [-0.39, 0.29) is 5.82 Å². The molecule has 0 spiro atoms. The lowest BCUT2D eigenvalue weighted by Crippen LogP contribution is -1.97. The summed E-state index contributed by atoms with van der Waals surface area (Å²) in [6, 6.07) is 18.7. The lowest BCUT2D eigenvalue weighted by atomic mass is 10.0. The fourth-order valence-corrected chi connectivity index (χ4v) is 4.40. The van der Waals surface area contributed by atoms with Gasteiger partial charge >= 0.3 is 0 Å². The van der Waals surface area contributed by atoms with Crippen LogP contribution in [0.25, 0.3) is 55.6 Å². The van der Waals surface area contributed by atoms with Gasteiger partial charge in [-0.1, -0.05) is 31.7 Å². The van der Waals surface area contributed by atoms with Crippen LogP contribution in [0.3, 0.4) is 0 Å². The van der Waals surface area contributed by atoms with Crippen molar-refractivity contribution < 1.29 is 4.39 Å². The predicted molar refractivity (Wildman–Crippen MR) is 143 cm³/mol. The predicted octanol–water partition coefficient (Wildman–Crippen LogP) is 7.31. The van der Waals surface area contributed by atoms with Crippen LogP contribution in [0.1, 0.15) is 13.3 Å². The molecular formula is C29H23FN6. The van der Waals surface area contributed by atoms with Crippen molar-refractivity contribution in [2.75, 3.05) is 5.32 Å². The number of aromatic amines is 2. The van der Waals surface area contributed by atoms with Crippen LogP contribution < -0.4 is 5.32 Å². The molecule has 0 aliphatic carbocycles. The van der Waals surface area contributed by atoms with Gasteiger partial charge in [-0.3, -0.25) is 15.1 Å². The van der Waals surface area contributed by atoms with E-state index in [0.29, 0.717) is 0 Å². The lowest BCUT2D eigenvalue weighted by molar-refractivity contribution is 0.628. The molecule has 0 atom stereocenters. The molecule has 0 aliphatic heterocycles. The number of pyridine rings is 2. The first kappa shape index (κ1) is 21.7. The van der Waals surface area contributed by atoms with Gasteiger partial charge in [-0.05, 0) is 54.4 Å². The summed E-state index contributed by atoms with van der Waals surface area (Å²) >= 11 is 0. The van der Waals surface area contributed by atoms with Crippen LogP contribution in [0, 0.1) is 5.82 Å². The van der Waals surface area contributed by atoms with Crippen molar-refractivity contribution in [1.29, 1.82) is 0 Å². The fraction of sp³-hybridized carbons (Fsp3) is 0.0690. The summed E-state index contributed by atoms with van der Waals surface area (Å²) in [5, 5.41) is 12.9. The summed E-state index contributed by atoms with van der Waals surface area (Å²) < 4.78 is 13.9. The average Bonchev–Trinajstić information content (AvgIpc) is 3.52. The van der Waals surface area contributed by atoms with Gasteiger partial charge in [0, 0.05) is 45.5 Å². The number of nitrogens with zero attached hydrogens (tertiary/aromatic N) is 3. The highest BCUT2D eigenvalue weighted by molar-refractivity contribution is 6.00. The number of H-pyrrole nitrogens is 2. The molecule has 0 radical (unpaired) electrons. The van der Waals surface area contributed by atoms with Gasteiger partial charge in [-0.15, -0.1) is 0 Å². The summed E-state index contributed by atoms with van der Waals surface area (Å²) in [7, 11) is 0. The zero-order chi connectivity index (χ0) is 24.6. The van der Waals surface area contributed by atoms with Crippen molar-refractivity contribution in [2.45, 2.75) is 13.3 Å². The number of nitrogens with one attached hydrogen (secondary N) is 3. The Morgan fingerprint density at radius 2 is 1.81 bits per heavy atom. The van der Waals surface area contributed by atoms with E-state index in [1.165, 1.54) is 12.1 Å². The Hall–Kier alpha value is -4.78. The van der Waals surface area contributed by atoms with Gasteiger partial charge in [0.2, 0.25) is 0 Å². The zero-order valence-electron chi connectivity index (χ0n) is 19.6. The maximum absolute atomic E-state index is 13.9. The molecule has 36 heavy (non-hydrogen) atoms. The second-order valence-electron chi connectivity index (χ2n) is 8.69. The third-order valence-electron chi connectivity index (χ3n) is 6.28. The van der Waals surface area contributed by atoms with Crippen LogP contribution in [-0.4, -0.2) is 25.1 Å². The number of halogens is 1. The molecule has 7 heteroatoms. The Kier molecular flexibility index (Phi) is 5.30. The molecule has 0 saturated heterocycles. The second kappa shape index (κ2) is 8.78. The van der Waals surface area contributed by atoms with Crippen molar-refractivity contribution in [2.24, 2.45) is 0 Å². The SMILES string of the molecule is C=C(CC)Nc1cncc(-c2ccc3[nH]nc(-c4cc5c(-c6cccc(F)c6)nccc5[nH]4)c3c2)c1. The highest BCUT2D eigenvalue weighted by atomic mass is 19.1. The molecule has 0 fully saturated rings. The maximum Gasteiger partial charge on any atom is 0.123 e. The largest absolute Gasteiger partial charge is 0.358 e. The molecule has 6 nitrogen and oxygen atoms in total. The minimum atomic E-state index is -0.291. The van der Waals surface area contributed by atoms with E-state index in [0.717, 1.165) is 73.4 Å². The average molecular weight is 475 g/mol. The molecule has 176 valence electrons. The molecule has 4 heterocycles. The van der Waals surface area contributed by atoms with E-state index in [9.17, 15) is 4.39 Å². The van der Waals surface area contributed by atoms with Gasteiger partial charge in [-0.25, -0.2) is 4.39 Å². The first-order chi connectivity index (χ1) is 17.6. The van der Waals surface area contributed by atoms with Crippen LogP contribution in [0.2, 0.25) is 0 Å². The summed E-state index contributed by atoms with van der Waals surface area (Å²) in [6.07, 6.45) is 6.21. The van der Waals surface area contributed by atoms with Crippen LogP contribution in [-0.2, 0) is 0 Å². The summed E-state index contributed by atoms with van der Waals surface area (Å²) in [4.78, 5) is 12.4. The van der Waals surface area contributed by atoms with Gasteiger partial charge in [0.15, 0.2) is 0 Å². The number of hydrogen-bond acceptors (Lipinski definition) is 4. The van der Waals surface area contributed by atoms with Crippen LogP contribution in [0.4, 0.5) is 10.1 Å². The first-order valence-electron chi connectivity index (χ1n) is 11.7. The van der Waals surface area contributed by atoms with Gasteiger partial charge in [-0.2, -0.15) is 5.10 Å². The van der Waals surface area contributed by atoms with E-state index in [4.69, 9.17) is 0 Å². The Balaban J connectivity index is 1.43. The molecule has 0 bridgehead atoms. The third-order valence-corrected chi connectivity index (χ3v) is 6.28. The number of fused-ring (bicyclic) bond motifs is 2. The topological polar surface area (TPSA) is 82.3 Å². The number of benzene rings is 2. The number of rotatable bonds is 6. The van der Waals surface area contributed by atoms with Crippen molar-refractivity contribution in [3.63, 3.8) is 0 Å². The molecular weight excluding hydrogens is 451 g/mol. The Morgan fingerprint density at radius 1 is 0.917 bits per heavy atom. The number of anilines is 1. The third kappa shape index (κ3) is 3.90. The standard InChI is InChI=1S/C29H23FN6/c1-3-17(2)33-22-12-20(15-31-16-22)18-7-8-26-23(13-18)29(36-35-26)27-14-24-25(34-27)9-10-32-28(24)19-5-4-6-21(30)11-19/h4-16,33-34H,2-3H2,1H3,(H,35,36). The molecule has 3 N–H and O–H groups in total.